The summed E-state index contributed by atoms with van der Waals surface area (Å²) in [6.45, 7) is 7.32. The van der Waals surface area contributed by atoms with E-state index in [4.69, 9.17) is 4.42 Å². The maximum absolute atomic E-state index is 12.3. The molecule has 138 valence electrons. The van der Waals surface area contributed by atoms with Crippen LogP contribution < -0.4 is 10.2 Å². The lowest BCUT2D eigenvalue weighted by Crippen LogP contribution is -2.48. The number of amides is 2. The average molecular weight is 356 g/mol. The van der Waals surface area contributed by atoms with Crippen LogP contribution in [0.4, 0.5) is 5.69 Å². The molecule has 0 atom stereocenters. The van der Waals surface area contributed by atoms with Crippen molar-refractivity contribution < 1.29 is 14.0 Å². The maximum atomic E-state index is 12.3. The second-order valence-corrected chi connectivity index (χ2v) is 6.79. The summed E-state index contributed by atoms with van der Waals surface area (Å²) in [5, 5.41) is 2.91. The lowest BCUT2D eigenvalue weighted by Gasteiger charge is -2.35. The first-order valence-corrected chi connectivity index (χ1v) is 8.85. The van der Waals surface area contributed by atoms with E-state index in [1.807, 2.05) is 6.07 Å². The molecular weight excluding hydrogens is 332 g/mol. The first kappa shape index (κ1) is 18.0. The van der Waals surface area contributed by atoms with Gasteiger partial charge in [0.25, 0.3) is 11.8 Å². The molecule has 3 heterocycles. The minimum absolute atomic E-state index is 0.0883. The van der Waals surface area contributed by atoms with Crippen molar-refractivity contribution in [3.05, 3.63) is 48.2 Å². The molecule has 1 saturated heterocycles. The monoisotopic (exact) mass is 356 g/mol. The van der Waals surface area contributed by atoms with Crippen molar-refractivity contribution in [2.45, 2.75) is 13.8 Å². The second kappa shape index (κ2) is 8.03. The molecule has 3 rings (SSSR count). The van der Waals surface area contributed by atoms with Crippen LogP contribution in [0.2, 0.25) is 0 Å². The standard InChI is InChI=1S/C19H24N4O3/c1-14(2)11-21-18(24)15-10-16(13-20-12-15)22-5-7-23(8-6-22)19(25)17-4-3-9-26-17/h3-4,9-10,12-14H,5-8,11H2,1-2H3,(H,21,24). The zero-order chi connectivity index (χ0) is 18.5. The Bertz CT molecular complexity index is 750. The molecular formula is C19H24N4O3. The van der Waals surface area contributed by atoms with Crippen LogP contribution in [0.1, 0.15) is 34.8 Å². The number of pyridine rings is 1. The number of hydrogen-bond acceptors (Lipinski definition) is 5. The third kappa shape index (κ3) is 4.22. The molecule has 1 aliphatic rings. The molecule has 7 heteroatoms. The summed E-state index contributed by atoms with van der Waals surface area (Å²) in [6, 6.07) is 5.25. The third-order valence-corrected chi connectivity index (χ3v) is 4.32. The molecule has 1 N–H and O–H groups in total. The summed E-state index contributed by atoms with van der Waals surface area (Å²) in [6.07, 6.45) is 4.84. The van der Waals surface area contributed by atoms with Crippen LogP contribution in [-0.4, -0.2) is 54.4 Å². The Morgan fingerprint density at radius 3 is 2.65 bits per heavy atom. The van der Waals surface area contributed by atoms with E-state index in [0.29, 0.717) is 50.0 Å². The number of carbonyl (C=O) groups excluding carboxylic acids is 2. The number of rotatable bonds is 5. The summed E-state index contributed by atoms with van der Waals surface area (Å²) in [4.78, 5) is 32.7. The Kier molecular flexibility index (Phi) is 5.55. The number of nitrogens with zero attached hydrogens (tertiary/aromatic N) is 3. The van der Waals surface area contributed by atoms with E-state index in [-0.39, 0.29) is 11.8 Å². The average Bonchev–Trinajstić information content (AvgIpc) is 3.20. The number of anilines is 1. The van der Waals surface area contributed by atoms with Gasteiger partial charge in [0.1, 0.15) is 0 Å². The van der Waals surface area contributed by atoms with Crippen molar-refractivity contribution in [2.24, 2.45) is 5.92 Å². The summed E-state index contributed by atoms with van der Waals surface area (Å²) < 4.78 is 5.18. The van der Waals surface area contributed by atoms with Gasteiger partial charge in [-0.15, -0.1) is 0 Å². The molecule has 2 amide bonds. The predicted octanol–water partition coefficient (Wildman–Crippen LogP) is 2.02. The Balaban J connectivity index is 1.60. The highest BCUT2D eigenvalue weighted by molar-refractivity contribution is 5.94. The van der Waals surface area contributed by atoms with Crippen LogP contribution in [0, 0.1) is 5.92 Å². The topological polar surface area (TPSA) is 78.7 Å². The number of nitrogens with one attached hydrogen (secondary N) is 1. The number of carbonyl (C=O) groups is 2. The SMILES string of the molecule is CC(C)CNC(=O)c1cncc(N2CCN(C(=O)c3ccco3)CC2)c1. The molecule has 0 bridgehead atoms. The quantitative estimate of drug-likeness (QED) is 0.887. The largest absolute Gasteiger partial charge is 0.459 e. The van der Waals surface area contributed by atoms with Gasteiger partial charge >= 0.3 is 0 Å². The molecule has 2 aromatic rings. The van der Waals surface area contributed by atoms with E-state index in [1.54, 1.807) is 29.4 Å². The van der Waals surface area contributed by atoms with Crippen LogP contribution in [0.5, 0.6) is 0 Å². The van der Waals surface area contributed by atoms with Crippen molar-refractivity contribution in [3.8, 4) is 0 Å². The minimum Gasteiger partial charge on any atom is -0.459 e. The fraction of sp³-hybridized carbons (Fsp3) is 0.421. The van der Waals surface area contributed by atoms with Gasteiger partial charge < -0.3 is 19.5 Å². The smallest absolute Gasteiger partial charge is 0.289 e. The van der Waals surface area contributed by atoms with Gasteiger partial charge in [0.15, 0.2) is 5.76 Å². The van der Waals surface area contributed by atoms with Crippen molar-refractivity contribution in [1.29, 1.82) is 0 Å². The first-order chi connectivity index (χ1) is 12.5. The molecule has 0 aliphatic carbocycles. The second-order valence-electron chi connectivity index (χ2n) is 6.79. The highest BCUT2D eigenvalue weighted by atomic mass is 16.3. The zero-order valence-electron chi connectivity index (χ0n) is 15.1. The first-order valence-electron chi connectivity index (χ1n) is 8.85. The molecule has 0 spiro atoms. The summed E-state index contributed by atoms with van der Waals surface area (Å²) in [5.74, 6) is 0.563. The molecule has 0 unspecified atom stereocenters. The molecule has 1 fully saturated rings. The van der Waals surface area contributed by atoms with Crippen molar-refractivity contribution in [2.75, 3.05) is 37.6 Å². The van der Waals surface area contributed by atoms with Gasteiger partial charge in [0, 0.05) is 38.9 Å². The van der Waals surface area contributed by atoms with Crippen LogP contribution in [0.15, 0.2) is 41.3 Å². The van der Waals surface area contributed by atoms with E-state index in [0.717, 1.165) is 5.69 Å². The lowest BCUT2D eigenvalue weighted by atomic mass is 10.2. The Hall–Kier alpha value is -2.83. The molecule has 26 heavy (non-hydrogen) atoms. The molecule has 1 aliphatic heterocycles. The third-order valence-electron chi connectivity index (χ3n) is 4.32. The highest BCUT2D eigenvalue weighted by Gasteiger charge is 2.24. The van der Waals surface area contributed by atoms with Gasteiger partial charge in [-0.25, -0.2) is 0 Å². The summed E-state index contributed by atoms with van der Waals surface area (Å²) in [5.41, 5.74) is 1.45. The summed E-state index contributed by atoms with van der Waals surface area (Å²) >= 11 is 0. The Labute approximate surface area is 153 Å². The highest BCUT2D eigenvalue weighted by Crippen LogP contribution is 2.18. The van der Waals surface area contributed by atoms with Crippen LogP contribution in [0.25, 0.3) is 0 Å². The fourth-order valence-corrected chi connectivity index (χ4v) is 2.85. The van der Waals surface area contributed by atoms with Crippen LogP contribution >= 0.6 is 0 Å². The van der Waals surface area contributed by atoms with Crippen molar-refractivity contribution in [3.63, 3.8) is 0 Å². The molecule has 7 nitrogen and oxygen atoms in total. The van der Waals surface area contributed by atoms with E-state index in [9.17, 15) is 9.59 Å². The Morgan fingerprint density at radius 1 is 1.23 bits per heavy atom. The van der Waals surface area contributed by atoms with E-state index in [2.05, 4.69) is 29.0 Å². The number of hydrogen-bond donors (Lipinski definition) is 1. The van der Waals surface area contributed by atoms with Gasteiger partial charge in [-0.05, 0) is 24.1 Å². The predicted molar refractivity (Wildman–Crippen MR) is 98.2 cm³/mol. The van der Waals surface area contributed by atoms with Gasteiger partial charge in [-0.1, -0.05) is 13.8 Å². The van der Waals surface area contributed by atoms with Crippen LogP contribution in [-0.2, 0) is 0 Å². The molecule has 0 radical (unpaired) electrons. The van der Waals surface area contributed by atoms with E-state index in [1.165, 1.54) is 6.26 Å². The molecule has 0 saturated carbocycles. The number of aromatic nitrogens is 1. The number of piperazine rings is 1. The van der Waals surface area contributed by atoms with Gasteiger partial charge in [-0.2, -0.15) is 0 Å². The van der Waals surface area contributed by atoms with Gasteiger partial charge in [0.05, 0.1) is 23.7 Å². The fourth-order valence-electron chi connectivity index (χ4n) is 2.85. The number of furan rings is 1. The van der Waals surface area contributed by atoms with E-state index < -0.39 is 0 Å². The molecule has 0 aromatic carbocycles. The Morgan fingerprint density at radius 2 is 2.00 bits per heavy atom. The van der Waals surface area contributed by atoms with Crippen LogP contribution in [0.3, 0.4) is 0 Å². The summed E-state index contributed by atoms with van der Waals surface area (Å²) in [7, 11) is 0. The lowest BCUT2D eigenvalue weighted by molar-refractivity contribution is 0.0714. The van der Waals surface area contributed by atoms with Gasteiger partial charge in [0.2, 0.25) is 0 Å². The minimum atomic E-state index is -0.111. The van der Waals surface area contributed by atoms with Gasteiger partial charge in [-0.3, -0.25) is 14.6 Å². The maximum Gasteiger partial charge on any atom is 0.289 e. The molecule has 2 aromatic heterocycles. The van der Waals surface area contributed by atoms with Crippen molar-refractivity contribution >= 4 is 17.5 Å². The van der Waals surface area contributed by atoms with E-state index >= 15 is 0 Å². The van der Waals surface area contributed by atoms with Crippen molar-refractivity contribution in [1.82, 2.24) is 15.2 Å². The zero-order valence-corrected chi connectivity index (χ0v) is 15.1. The normalized spacial score (nSPS) is 14.6.